The number of hydrogen-bond donors (Lipinski definition) is 1. The molecule has 1 atom stereocenters. The van der Waals surface area contributed by atoms with E-state index in [0.29, 0.717) is 6.42 Å². The van der Waals surface area contributed by atoms with E-state index in [4.69, 9.17) is 9.84 Å². The minimum atomic E-state index is -0.714. The molecule has 0 fully saturated rings. The molecule has 0 rings (SSSR count). The van der Waals surface area contributed by atoms with Gasteiger partial charge >= 0.3 is 11.9 Å². The van der Waals surface area contributed by atoms with E-state index in [1.54, 1.807) is 0 Å². The first-order chi connectivity index (χ1) is 17.3. The number of hydrogen-bond acceptors (Lipinski definition) is 3. The molecule has 0 saturated carbocycles. The van der Waals surface area contributed by atoms with Crippen molar-refractivity contribution in [3.8, 4) is 0 Å². The second kappa shape index (κ2) is 24.2. The number of likely N-dealkylation sites (N-methyl/N-ethyl adjacent to an activating group) is 1. The van der Waals surface area contributed by atoms with Gasteiger partial charge in [-0.15, -0.1) is 0 Å². The first kappa shape index (κ1) is 34.9. The second-order valence-electron chi connectivity index (χ2n) is 11.6. The number of carboxylic acids is 1. The van der Waals surface area contributed by atoms with E-state index in [9.17, 15) is 9.59 Å². The summed E-state index contributed by atoms with van der Waals surface area (Å²) in [6, 6.07) is 0. The summed E-state index contributed by atoms with van der Waals surface area (Å²) in [5.74, 6) is -0.813. The summed E-state index contributed by atoms with van der Waals surface area (Å²) in [6.45, 7) is 5.96. The van der Waals surface area contributed by atoms with Crippen molar-refractivity contribution in [1.82, 2.24) is 0 Å². The largest absolute Gasteiger partial charge is 0.481 e. The highest BCUT2D eigenvalue weighted by molar-refractivity contribution is 5.69. The molecule has 0 aromatic heterocycles. The highest BCUT2D eigenvalue weighted by atomic mass is 16.5. The van der Waals surface area contributed by atoms with Gasteiger partial charge in [0.15, 0.2) is 6.10 Å². The molecule has 0 bridgehead atoms. The molecular weight excluding hydrogens is 450 g/mol. The quantitative estimate of drug-likeness (QED) is 0.0679. The molecule has 214 valence electrons. The highest BCUT2D eigenvalue weighted by Gasteiger charge is 2.24. The van der Waals surface area contributed by atoms with Gasteiger partial charge in [-0.1, -0.05) is 110 Å². The lowest BCUT2D eigenvalue weighted by Gasteiger charge is -2.33. The Kier molecular flexibility index (Phi) is 23.5. The van der Waals surface area contributed by atoms with E-state index >= 15 is 0 Å². The van der Waals surface area contributed by atoms with Gasteiger partial charge in [0.25, 0.3) is 0 Å². The number of nitrogens with zero attached hydrogens (tertiary/aromatic N) is 1. The Morgan fingerprint density at radius 2 is 1.11 bits per heavy atom. The first-order valence-corrected chi connectivity index (χ1v) is 15.5. The second-order valence-corrected chi connectivity index (χ2v) is 11.6. The predicted octanol–water partition coefficient (Wildman–Crippen LogP) is 8.68. The summed E-state index contributed by atoms with van der Waals surface area (Å²) in [5, 5.41) is 8.78. The van der Waals surface area contributed by atoms with Crippen molar-refractivity contribution < 1.29 is 23.9 Å². The van der Waals surface area contributed by atoms with Crippen LogP contribution in [0.25, 0.3) is 0 Å². The van der Waals surface area contributed by atoms with Gasteiger partial charge < -0.3 is 14.3 Å². The minimum Gasteiger partial charge on any atom is -0.481 e. The number of quaternary nitrogens is 1. The zero-order valence-corrected chi connectivity index (χ0v) is 24.7. The Morgan fingerprint density at radius 1 is 0.667 bits per heavy atom. The summed E-state index contributed by atoms with van der Waals surface area (Å²) >= 11 is 0. The third kappa shape index (κ3) is 24.6. The molecule has 0 spiro atoms. The van der Waals surface area contributed by atoms with Crippen molar-refractivity contribution in [3.63, 3.8) is 0 Å². The lowest BCUT2D eigenvalue weighted by molar-refractivity contribution is -0.893. The Bertz CT molecular complexity index is 521. The topological polar surface area (TPSA) is 63.6 Å². The summed E-state index contributed by atoms with van der Waals surface area (Å²) < 4.78 is 6.60. The van der Waals surface area contributed by atoms with Crippen molar-refractivity contribution in [2.45, 2.75) is 161 Å². The average molecular weight is 513 g/mol. The standard InChI is InChI=1S/C31H61NO4/c1-5-7-8-9-10-11-12-13-14-15-16-17-18-19-20-22-25-29(36-31(35)6-2)28-32(3,4)27-24-21-23-26-30(33)34/h29H,5-28H2,1-4H3/p+1. The summed E-state index contributed by atoms with van der Waals surface area (Å²) in [4.78, 5) is 22.6. The normalized spacial score (nSPS) is 12.6. The average Bonchev–Trinajstić information content (AvgIpc) is 2.82. The molecule has 0 aromatic rings. The van der Waals surface area contributed by atoms with Gasteiger partial charge in [-0.2, -0.15) is 0 Å². The Hall–Kier alpha value is -1.10. The summed E-state index contributed by atoms with van der Waals surface area (Å²) in [5.41, 5.74) is 0. The lowest BCUT2D eigenvalue weighted by Crippen LogP contribution is -2.47. The molecule has 1 N–H and O–H groups in total. The van der Waals surface area contributed by atoms with Crippen molar-refractivity contribution in [2.75, 3.05) is 27.2 Å². The molecule has 0 aliphatic carbocycles. The maximum atomic E-state index is 12.0. The van der Waals surface area contributed by atoms with Crippen molar-refractivity contribution in [2.24, 2.45) is 0 Å². The van der Waals surface area contributed by atoms with Crippen LogP contribution in [-0.4, -0.2) is 54.8 Å². The molecule has 0 heterocycles. The SMILES string of the molecule is CCCCCCCCCCCCCCCCCCC(C[N+](C)(C)CCCCCC(=O)O)OC(=O)CC. The monoisotopic (exact) mass is 512 g/mol. The van der Waals surface area contributed by atoms with Crippen LogP contribution in [0.4, 0.5) is 0 Å². The summed E-state index contributed by atoms with van der Waals surface area (Å²) in [6.07, 6.45) is 26.1. The fourth-order valence-corrected chi connectivity index (χ4v) is 5.01. The number of aliphatic carboxylic acids is 1. The van der Waals surface area contributed by atoms with Crippen molar-refractivity contribution in [3.05, 3.63) is 0 Å². The van der Waals surface area contributed by atoms with Gasteiger partial charge in [0, 0.05) is 12.8 Å². The lowest BCUT2D eigenvalue weighted by atomic mass is 10.0. The zero-order chi connectivity index (χ0) is 26.9. The number of rotatable bonds is 27. The van der Waals surface area contributed by atoms with Gasteiger partial charge in [0.05, 0.1) is 20.6 Å². The van der Waals surface area contributed by atoms with Crippen LogP contribution in [0, 0.1) is 0 Å². The van der Waals surface area contributed by atoms with Crippen LogP contribution in [-0.2, 0) is 14.3 Å². The van der Waals surface area contributed by atoms with Gasteiger partial charge in [-0.05, 0) is 32.1 Å². The van der Waals surface area contributed by atoms with Crippen LogP contribution in [0.5, 0.6) is 0 Å². The molecule has 0 amide bonds. The molecule has 0 aromatic carbocycles. The van der Waals surface area contributed by atoms with Crippen LogP contribution in [0.3, 0.4) is 0 Å². The van der Waals surface area contributed by atoms with E-state index in [2.05, 4.69) is 21.0 Å². The number of carbonyl (C=O) groups excluding carboxylic acids is 1. The van der Waals surface area contributed by atoms with Crippen molar-refractivity contribution in [1.29, 1.82) is 0 Å². The zero-order valence-electron chi connectivity index (χ0n) is 24.7. The van der Waals surface area contributed by atoms with Gasteiger partial charge in [-0.25, -0.2) is 0 Å². The van der Waals surface area contributed by atoms with E-state index in [-0.39, 0.29) is 18.5 Å². The number of ether oxygens (including phenoxy) is 1. The van der Waals surface area contributed by atoms with Crippen molar-refractivity contribution >= 4 is 11.9 Å². The van der Waals surface area contributed by atoms with Crippen LogP contribution in [0.2, 0.25) is 0 Å². The number of esters is 1. The fraction of sp³-hybridized carbons (Fsp3) is 0.935. The van der Waals surface area contributed by atoms with E-state index < -0.39 is 5.97 Å². The third-order valence-electron chi connectivity index (χ3n) is 7.32. The number of unbranched alkanes of at least 4 members (excludes halogenated alkanes) is 17. The third-order valence-corrected chi connectivity index (χ3v) is 7.32. The molecule has 0 radical (unpaired) electrons. The van der Waals surface area contributed by atoms with Gasteiger partial charge in [-0.3, -0.25) is 9.59 Å². The van der Waals surface area contributed by atoms with Crippen LogP contribution in [0.1, 0.15) is 155 Å². The molecule has 0 saturated heterocycles. The molecule has 0 aliphatic heterocycles. The summed E-state index contributed by atoms with van der Waals surface area (Å²) in [7, 11) is 4.38. The molecule has 5 nitrogen and oxygen atoms in total. The smallest absolute Gasteiger partial charge is 0.305 e. The first-order valence-electron chi connectivity index (χ1n) is 15.5. The Morgan fingerprint density at radius 3 is 1.56 bits per heavy atom. The molecule has 5 heteroatoms. The maximum absolute atomic E-state index is 12.0. The predicted molar refractivity (Wildman–Crippen MR) is 152 cm³/mol. The van der Waals surface area contributed by atoms with Crippen LogP contribution >= 0.6 is 0 Å². The molecule has 1 unspecified atom stereocenters. The fourth-order valence-electron chi connectivity index (χ4n) is 5.01. The van der Waals surface area contributed by atoms with Gasteiger partial charge in [0.1, 0.15) is 6.54 Å². The van der Waals surface area contributed by atoms with E-state index in [1.165, 1.54) is 96.3 Å². The Labute approximate surface area is 224 Å². The Balaban J connectivity index is 3.87. The van der Waals surface area contributed by atoms with E-state index in [1.807, 2.05) is 6.92 Å². The van der Waals surface area contributed by atoms with Crippen LogP contribution in [0.15, 0.2) is 0 Å². The maximum Gasteiger partial charge on any atom is 0.305 e. The number of carbonyl (C=O) groups is 2. The minimum absolute atomic E-state index is 0.0156. The van der Waals surface area contributed by atoms with E-state index in [0.717, 1.165) is 49.7 Å². The van der Waals surface area contributed by atoms with Crippen LogP contribution < -0.4 is 0 Å². The molecule has 0 aliphatic rings. The van der Waals surface area contributed by atoms with Gasteiger partial charge in [0.2, 0.25) is 0 Å². The molecule has 36 heavy (non-hydrogen) atoms. The number of carboxylic acid groups (broad SMARTS) is 1. The highest BCUT2D eigenvalue weighted by Crippen LogP contribution is 2.17. The molecular formula is C31H62NO4+.